The van der Waals surface area contributed by atoms with Gasteiger partial charge in [0.15, 0.2) is 0 Å². The molecule has 0 radical (unpaired) electrons. The van der Waals surface area contributed by atoms with Gasteiger partial charge in [-0.25, -0.2) is 4.98 Å². The summed E-state index contributed by atoms with van der Waals surface area (Å²) < 4.78 is 9.62. The number of carbonyl (C=O) groups is 1. The summed E-state index contributed by atoms with van der Waals surface area (Å²) in [5, 5.41) is 0.984. The predicted molar refractivity (Wildman–Crippen MR) is 99.2 cm³/mol. The highest BCUT2D eigenvalue weighted by molar-refractivity contribution is 7.09. The van der Waals surface area contributed by atoms with Crippen LogP contribution in [0.4, 0.5) is 5.13 Å². The van der Waals surface area contributed by atoms with E-state index < -0.39 is 0 Å². The summed E-state index contributed by atoms with van der Waals surface area (Å²) in [5.41, 5.74) is 0. The van der Waals surface area contributed by atoms with Crippen LogP contribution in [0, 0.1) is 6.92 Å². The Labute approximate surface area is 154 Å². The molecule has 0 spiro atoms. The highest BCUT2D eigenvalue weighted by atomic mass is 32.1. The number of morpholine rings is 1. The first-order valence-electron chi connectivity index (χ1n) is 9.35. The van der Waals surface area contributed by atoms with Crippen molar-refractivity contribution in [1.82, 2.24) is 19.2 Å². The van der Waals surface area contributed by atoms with Crippen molar-refractivity contribution < 1.29 is 9.53 Å². The molecule has 0 atom stereocenters. The number of amides is 1. The number of hydrogen-bond acceptors (Lipinski definition) is 7. The summed E-state index contributed by atoms with van der Waals surface area (Å²) in [7, 11) is 0. The molecule has 2 aliphatic heterocycles. The fourth-order valence-corrected chi connectivity index (χ4v) is 4.09. The topological polar surface area (TPSA) is 61.8 Å². The van der Waals surface area contributed by atoms with E-state index >= 15 is 0 Å². The Bertz CT molecular complexity index is 547. The Morgan fingerprint density at radius 2 is 1.96 bits per heavy atom. The van der Waals surface area contributed by atoms with Gasteiger partial charge < -0.3 is 14.5 Å². The smallest absolute Gasteiger partial charge is 0.222 e. The molecule has 0 bridgehead atoms. The van der Waals surface area contributed by atoms with Crippen molar-refractivity contribution in [1.29, 1.82) is 0 Å². The lowest BCUT2D eigenvalue weighted by Gasteiger charge is -2.26. The van der Waals surface area contributed by atoms with Crippen molar-refractivity contribution in [2.75, 3.05) is 63.9 Å². The summed E-state index contributed by atoms with van der Waals surface area (Å²) in [5.74, 6) is 1.13. The van der Waals surface area contributed by atoms with Crippen molar-refractivity contribution in [3.63, 3.8) is 0 Å². The molecule has 7 nitrogen and oxygen atoms in total. The predicted octanol–water partition coefficient (Wildman–Crippen LogP) is 1.39. The maximum Gasteiger partial charge on any atom is 0.222 e. The van der Waals surface area contributed by atoms with Gasteiger partial charge in [-0.3, -0.25) is 9.69 Å². The molecule has 0 aliphatic carbocycles. The Kier molecular flexibility index (Phi) is 7.01. The monoisotopic (exact) mass is 367 g/mol. The minimum absolute atomic E-state index is 0.303. The van der Waals surface area contributed by atoms with E-state index in [0.717, 1.165) is 89.2 Å². The number of anilines is 1. The Morgan fingerprint density at radius 3 is 2.72 bits per heavy atom. The van der Waals surface area contributed by atoms with Crippen LogP contribution >= 0.6 is 11.5 Å². The van der Waals surface area contributed by atoms with Crippen LogP contribution in [-0.4, -0.2) is 84.1 Å². The van der Waals surface area contributed by atoms with E-state index in [1.54, 1.807) is 0 Å². The van der Waals surface area contributed by atoms with E-state index in [-0.39, 0.29) is 0 Å². The molecule has 3 heterocycles. The number of ether oxygens (including phenoxy) is 1. The summed E-state index contributed by atoms with van der Waals surface area (Å²) in [6, 6.07) is 0. The zero-order valence-electron chi connectivity index (χ0n) is 15.2. The minimum Gasteiger partial charge on any atom is -0.379 e. The van der Waals surface area contributed by atoms with Crippen LogP contribution in [0.2, 0.25) is 0 Å². The Morgan fingerprint density at radius 1 is 1.12 bits per heavy atom. The molecule has 0 N–H and O–H groups in total. The second-order valence-electron chi connectivity index (χ2n) is 6.76. The molecule has 0 unspecified atom stereocenters. The molecule has 2 aliphatic rings. The zero-order valence-corrected chi connectivity index (χ0v) is 16.0. The lowest BCUT2D eigenvalue weighted by molar-refractivity contribution is -0.131. The van der Waals surface area contributed by atoms with Crippen molar-refractivity contribution in [3.05, 3.63) is 5.82 Å². The zero-order chi connectivity index (χ0) is 17.5. The number of aromatic nitrogens is 2. The first kappa shape index (κ1) is 18.5. The van der Waals surface area contributed by atoms with Gasteiger partial charge in [0, 0.05) is 57.2 Å². The average Bonchev–Trinajstić information content (AvgIpc) is 2.92. The first-order chi connectivity index (χ1) is 12.2. The molecule has 2 fully saturated rings. The molecule has 2 saturated heterocycles. The van der Waals surface area contributed by atoms with Gasteiger partial charge in [0.2, 0.25) is 11.0 Å². The summed E-state index contributed by atoms with van der Waals surface area (Å²) >= 11 is 1.45. The highest BCUT2D eigenvalue weighted by Gasteiger charge is 2.20. The van der Waals surface area contributed by atoms with Crippen molar-refractivity contribution >= 4 is 22.6 Å². The molecule has 3 rings (SSSR count). The first-order valence-corrected chi connectivity index (χ1v) is 10.1. The number of unbranched alkanes of at least 4 members (excludes halogenated alkanes) is 1. The molecular weight excluding hydrogens is 338 g/mol. The molecule has 0 aromatic carbocycles. The van der Waals surface area contributed by atoms with E-state index in [0.29, 0.717) is 12.3 Å². The molecule has 0 saturated carbocycles. The number of hydrogen-bond donors (Lipinski definition) is 0. The van der Waals surface area contributed by atoms with Crippen LogP contribution in [0.15, 0.2) is 0 Å². The van der Waals surface area contributed by atoms with Crippen molar-refractivity contribution in [3.8, 4) is 0 Å². The second kappa shape index (κ2) is 9.45. The molecule has 140 valence electrons. The minimum atomic E-state index is 0.303. The van der Waals surface area contributed by atoms with Crippen LogP contribution in [-0.2, 0) is 9.53 Å². The van der Waals surface area contributed by atoms with Gasteiger partial charge in [0.1, 0.15) is 5.82 Å². The van der Waals surface area contributed by atoms with E-state index in [4.69, 9.17) is 4.74 Å². The molecule has 1 aromatic heterocycles. The maximum absolute atomic E-state index is 12.5. The fraction of sp³-hybridized carbons (Fsp3) is 0.824. The van der Waals surface area contributed by atoms with Crippen LogP contribution < -0.4 is 4.90 Å². The molecule has 8 heteroatoms. The summed E-state index contributed by atoms with van der Waals surface area (Å²) in [6.07, 6.45) is 3.74. The SMILES string of the molecule is Cc1nsc(N2CCCN(C(=O)CCCCN3CCOCC3)CC2)n1. The summed E-state index contributed by atoms with van der Waals surface area (Å²) in [4.78, 5) is 23.7. The van der Waals surface area contributed by atoms with E-state index in [1.165, 1.54) is 11.5 Å². The third-order valence-electron chi connectivity index (χ3n) is 4.85. The van der Waals surface area contributed by atoms with Gasteiger partial charge >= 0.3 is 0 Å². The van der Waals surface area contributed by atoms with E-state index in [9.17, 15) is 4.79 Å². The normalized spacial score (nSPS) is 19.9. The fourth-order valence-electron chi connectivity index (χ4n) is 3.37. The third-order valence-corrected chi connectivity index (χ3v) is 5.72. The lowest BCUT2D eigenvalue weighted by Crippen LogP contribution is -2.37. The molecule has 1 aromatic rings. The van der Waals surface area contributed by atoms with Gasteiger partial charge in [-0.15, -0.1) is 0 Å². The Hall–Kier alpha value is -1.25. The van der Waals surface area contributed by atoms with Gasteiger partial charge in [-0.05, 0) is 32.7 Å². The van der Waals surface area contributed by atoms with Crippen molar-refractivity contribution in [2.24, 2.45) is 0 Å². The number of aryl methyl sites for hydroxylation is 1. The lowest BCUT2D eigenvalue weighted by atomic mass is 10.2. The van der Waals surface area contributed by atoms with Crippen LogP contribution in [0.25, 0.3) is 0 Å². The van der Waals surface area contributed by atoms with E-state index in [2.05, 4.69) is 19.2 Å². The average molecular weight is 368 g/mol. The van der Waals surface area contributed by atoms with Gasteiger partial charge in [-0.2, -0.15) is 4.37 Å². The standard InChI is InChI=1S/C17H29N5O2S/c1-15-18-17(25-19-15)22-8-4-7-21(9-10-22)16(23)5-2-3-6-20-11-13-24-14-12-20/h2-14H2,1H3. The number of rotatable bonds is 6. The number of carbonyl (C=O) groups excluding carboxylic acids is 1. The van der Waals surface area contributed by atoms with E-state index in [1.807, 2.05) is 11.8 Å². The second-order valence-corrected chi connectivity index (χ2v) is 7.49. The molecule has 25 heavy (non-hydrogen) atoms. The van der Waals surface area contributed by atoms with Gasteiger partial charge in [0.25, 0.3) is 0 Å². The third kappa shape index (κ3) is 5.62. The van der Waals surface area contributed by atoms with Crippen molar-refractivity contribution in [2.45, 2.75) is 32.6 Å². The Balaban J connectivity index is 1.36. The largest absolute Gasteiger partial charge is 0.379 e. The number of nitrogens with zero attached hydrogens (tertiary/aromatic N) is 5. The quantitative estimate of drug-likeness (QED) is 0.708. The highest BCUT2D eigenvalue weighted by Crippen LogP contribution is 2.19. The van der Waals surface area contributed by atoms with Gasteiger partial charge in [0.05, 0.1) is 13.2 Å². The van der Waals surface area contributed by atoms with Crippen LogP contribution in [0.5, 0.6) is 0 Å². The summed E-state index contributed by atoms with van der Waals surface area (Å²) in [6.45, 7) is 10.2. The molecule has 1 amide bonds. The van der Waals surface area contributed by atoms with Crippen LogP contribution in [0.3, 0.4) is 0 Å². The van der Waals surface area contributed by atoms with Crippen LogP contribution in [0.1, 0.15) is 31.5 Å². The van der Waals surface area contributed by atoms with Gasteiger partial charge in [-0.1, -0.05) is 0 Å². The maximum atomic E-state index is 12.5. The molecular formula is C17H29N5O2S.